The molecule has 0 aromatic carbocycles. The maximum absolute atomic E-state index is 10.0. The van der Waals surface area contributed by atoms with E-state index >= 15 is 0 Å². The van der Waals surface area contributed by atoms with Crippen molar-refractivity contribution in [3.63, 3.8) is 0 Å². The average molecular weight is 402 g/mol. The maximum Gasteiger partial charge on any atom is 0.398 e. The Morgan fingerprint density at radius 2 is 1.26 bits per heavy atom. The SMILES string of the molecule is [C-]#[N+]c1ccn(-c2cccc(C(C#N)([N+]#[C-])c3cccc(-n4ccc([N+]#[C-])n4)n3)n2)n1. The first kappa shape index (κ1) is 19.0. The average Bonchev–Trinajstić information content (AvgIpc) is 3.51. The Hall–Kier alpha value is -5.32. The lowest BCUT2D eigenvalue weighted by molar-refractivity contribution is 0.724. The fourth-order valence-corrected chi connectivity index (χ4v) is 2.89. The Morgan fingerprint density at radius 3 is 1.61 bits per heavy atom. The summed E-state index contributed by atoms with van der Waals surface area (Å²) in [7, 11) is 0. The molecule has 144 valence electrons. The van der Waals surface area contributed by atoms with E-state index in [1.54, 1.807) is 60.9 Å². The van der Waals surface area contributed by atoms with Crippen molar-refractivity contribution in [2.75, 3.05) is 0 Å². The summed E-state index contributed by atoms with van der Waals surface area (Å²) in [6.07, 6.45) is 3.16. The van der Waals surface area contributed by atoms with Gasteiger partial charge in [-0.25, -0.2) is 16.5 Å². The second kappa shape index (κ2) is 7.60. The molecular formula is C21H10N10. The summed E-state index contributed by atoms with van der Waals surface area (Å²) >= 11 is 0. The molecule has 0 aliphatic heterocycles. The lowest BCUT2D eigenvalue weighted by atomic mass is 9.92. The minimum atomic E-state index is -1.81. The second-order valence-electron chi connectivity index (χ2n) is 6.16. The molecule has 31 heavy (non-hydrogen) atoms. The highest BCUT2D eigenvalue weighted by Crippen LogP contribution is 2.32. The fraction of sp³-hybridized carbons (Fsp3) is 0.0476. The first-order chi connectivity index (χ1) is 15.1. The zero-order valence-electron chi connectivity index (χ0n) is 15.7. The van der Waals surface area contributed by atoms with E-state index in [-0.39, 0.29) is 23.0 Å². The first-order valence-corrected chi connectivity index (χ1v) is 8.75. The summed E-state index contributed by atoms with van der Waals surface area (Å²) in [5, 5.41) is 18.2. The number of hydrogen-bond donors (Lipinski definition) is 0. The molecule has 0 saturated carbocycles. The van der Waals surface area contributed by atoms with Crippen LogP contribution in [0.2, 0.25) is 0 Å². The van der Waals surface area contributed by atoms with Crippen molar-refractivity contribution in [3.05, 3.63) is 107 Å². The van der Waals surface area contributed by atoms with Gasteiger partial charge in [-0.15, -0.1) is 9.36 Å². The van der Waals surface area contributed by atoms with E-state index in [0.29, 0.717) is 11.6 Å². The van der Waals surface area contributed by atoms with E-state index in [4.69, 9.17) is 19.7 Å². The van der Waals surface area contributed by atoms with Crippen molar-refractivity contribution in [1.82, 2.24) is 29.5 Å². The van der Waals surface area contributed by atoms with Crippen LogP contribution in [0.15, 0.2) is 60.9 Å². The van der Waals surface area contributed by atoms with Crippen molar-refractivity contribution in [3.8, 4) is 17.7 Å². The maximum atomic E-state index is 10.0. The Bertz CT molecular complexity index is 1340. The molecule has 0 unspecified atom stereocenters. The molecule has 0 bridgehead atoms. The van der Waals surface area contributed by atoms with Crippen LogP contribution in [0.25, 0.3) is 26.2 Å². The molecule has 4 aromatic heterocycles. The molecule has 0 atom stereocenters. The van der Waals surface area contributed by atoms with Crippen LogP contribution in [-0.2, 0) is 5.54 Å². The van der Waals surface area contributed by atoms with Gasteiger partial charge < -0.3 is 9.69 Å². The summed E-state index contributed by atoms with van der Waals surface area (Å²) < 4.78 is 2.81. The third-order valence-corrected chi connectivity index (χ3v) is 4.39. The normalized spacial score (nSPS) is 10.5. The summed E-state index contributed by atoms with van der Waals surface area (Å²) in [4.78, 5) is 19.1. The minimum Gasteiger partial charge on any atom is -0.359 e. The van der Waals surface area contributed by atoms with Gasteiger partial charge in [0.15, 0.2) is 17.7 Å². The molecule has 0 amide bonds. The van der Waals surface area contributed by atoms with Crippen LogP contribution in [0.4, 0.5) is 11.6 Å². The zero-order chi connectivity index (χ0) is 21.8. The van der Waals surface area contributed by atoms with Crippen LogP contribution in [0.1, 0.15) is 11.4 Å². The van der Waals surface area contributed by atoms with E-state index in [1.807, 2.05) is 0 Å². The van der Waals surface area contributed by atoms with Crippen LogP contribution in [0, 0.1) is 31.0 Å². The van der Waals surface area contributed by atoms with Gasteiger partial charge in [-0.2, -0.15) is 5.26 Å². The number of nitriles is 1. The van der Waals surface area contributed by atoms with Crippen molar-refractivity contribution in [1.29, 1.82) is 5.26 Å². The summed E-state index contributed by atoms with van der Waals surface area (Å²) in [5.74, 6) is 1.13. The number of hydrogen-bond acceptors (Lipinski definition) is 5. The molecule has 0 spiro atoms. The van der Waals surface area contributed by atoms with Crippen LogP contribution in [0.5, 0.6) is 0 Å². The molecule has 0 radical (unpaired) electrons. The van der Waals surface area contributed by atoms with Gasteiger partial charge >= 0.3 is 5.54 Å². The molecule has 0 aliphatic carbocycles. The zero-order valence-corrected chi connectivity index (χ0v) is 15.7. The monoisotopic (exact) mass is 402 g/mol. The third-order valence-electron chi connectivity index (χ3n) is 4.39. The van der Waals surface area contributed by atoms with E-state index in [0.717, 1.165) is 0 Å². The highest BCUT2D eigenvalue weighted by atomic mass is 15.3. The van der Waals surface area contributed by atoms with Crippen molar-refractivity contribution < 1.29 is 0 Å². The molecule has 0 N–H and O–H groups in total. The quantitative estimate of drug-likeness (QED) is 0.486. The predicted molar refractivity (Wildman–Crippen MR) is 108 cm³/mol. The van der Waals surface area contributed by atoms with E-state index in [9.17, 15) is 5.26 Å². The van der Waals surface area contributed by atoms with Crippen molar-refractivity contribution >= 4 is 11.6 Å². The largest absolute Gasteiger partial charge is 0.398 e. The summed E-state index contributed by atoms with van der Waals surface area (Å²) in [6, 6.07) is 14.9. The fourth-order valence-electron chi connectivity index (χ4n) is 2.89. The number of rotatable bonds is 4. The Labute approximate surface area is 176 Å². The van der Waals surface area contributed by atoms with Crippen LogP contribution >= 0.6 is 0 Å². The third kappa shape index (κ3) is 3.23. The van der Waals surface area contributed by atoms with E-state index in [1.165, 1.54) is 9.36 Å². The van der Waals surface area contributed by atoms with Gasteiger partial charge in [0.2, 0.25) is 0 Å². The van der Waals surface area contributed by atoms with Gasteiger partial charge in [0, 0.05) is 12.4 Å². The minimum absolute atomic E-state index is 0.175. The van der Waals surface area contributed by atoms with Crippen molar-refractivity contribution in [2.45, 2.75) is 5.54 Å². The molecular weight excluding hydrogens is 392 g/mol. The highest BCUT2D eigenvalue weighted by Gasteiger charge is 2.45. The number of pyridine rings is 2. The van der Waals surface area contributed by atoms with E-state index in [2.05, 4.69) is 40.8 Å². The Balaban J connectivity index is 1.82. The smallest absolute Gasteiger partial charge is 0.359 e. The van der Waals surface area contributed by atoms with E-state index < -0.39 is 5.54 Å². The highest BCUT2D eigenvalue weighted by molar-refractivity contribution is 5.46. The molecule has 4 heterocycles. The molecule has 10 nitrogen and oxygen atoms in total. The lowest BCUT2D eigenvalue weighted by Crippen LogP contribution is -2.25. The molecule has 4 rings (SSSR count). The topological polar surface area (TPSA) is 98.3 Å². The first-order valence-electron chi connectivity index (χ1n) is 8.75. The Morgan fingerprint density at radius 1 is 0.774 bits per heavy atom. The van der Waals surface area contributed by atoms with Gasteiger partial charge in [0.05, 0.1) is 0 Å². The summed E-state index contributed by atoms with van der Waals surface area (Å²) in [5.41, 5.74) is -1.46. The molecule has 0 aliphatic rings. The Kier molecular flexibility index (Phi) is 4.66. The number of aromatic nitrogens is 6. The number of nitrogens with zero attached hydrogens (tertiary/aromatic N) is 10. The second-order valence-corrected chi connectivity index (χ2v) is 6.16. The van der Waals surface area contributed by atoms with Crippen LogP contribution in [-0.4, -0.2) is 29.5 Å². The molecule has 10 heteroatoms. The molecule has 0 saturated heterocycles. The van der Waals surface area contributed by atoms with Crippen molar-refractivity contribution in [2.24, 2.45) is 0 Å². The molecule has 0 fully saturated rings. The van der Waals surface area contributed by atoms with Crippen LogP contribution < -0.4 is 0 Å². The standard InChI is InChI=1S/C21H10N10/c1-23-17-10-12-30(28-17)19-8-4-6-15(26-19)21(14-22,25-3)16-7-5-9-20(27-16)31-13-11-18(24-2)29-31/h4-13H. The van der Waals surface area contributed by atoms with Gasteiger partial charge in [-0.05, 0) is 46.6 Å². The van der Waals surface area contributed by atoms with Gasteiger partial charge in [-0.3, -0.25) is 4.85 Å². The lowest BCUT2D eigenvalue weighted by Gasteiger charge is -2.14. The summed E-state index contributed by atoms with van der Waals surface area (Å²) in [6.45, 7) is 21.9. The van der Waals surface area contributed by atoms with Crippen LogP contribution in [0.3, 0.4) is 0 Å². The van der Waals surface area contributed by atoms with Gasteiger partial charge in [0.25, 0.3) is 11.6 Å². The predicted octanol–water partition coefficient (Wildman–Crippen LogP) is 3.64. The van der Waals surface area contributed by atoms with Gasteiger partial charge in [0.1, 0.15) is 11.4 Å². The molecule has 4 aromatic rings. The van der Waals surface area contributed by atoms with Gasteiger partial charge in [-0.1, -0.05) is 25.3 Å².